The predicted octanol–water partition coefficient (Wildman–Crippen LogP) is 16.3. The van der Waals surface area contributed by atoms with Crippen molar-refractivity contribution in [3.63, 3.8) is 0 Å². The maximum absolute atomic E-state index is 2.45. The summed E-state index contributed by atoms with van der Waals surface area (Å²) in [4.78, 5) is 0. The molecule has 0 saturated heterocycles. The lowest BCUT2D eigenvalue weighted by atomic mass is 9.82. The predicted molar refractivity (Wildman–Crippen MR) is 249 cm³/mol. The molecule has 0 fully saturated rings. The van der Waals surface area contributed by atoms with Crippen molar-refractivity contribution in [3.8, 4) is 66.8 Å². The molecule has 0 bridgehead atoms. The molecule has 0 spiro atoms. The summed E-state index contributed by atoms with van der Waals surface area (Å²) in [6.45, 7) is 0. The molecule has 58 heavy (non-hydrogen) atoms. The molecule has 270 valence electrons. The number of fused-ring (bicyclic) bond motifs is 5. The SMILES string of the molecule is c1ccc(-c2cc3ccccc3cc2-c2ccc3c(c2)c(-c2ccccc2)c(-c2ccccc2)c2cc(-c4cccc5c(-c6ccccc6)cccc45)ccc23)cc1. The number of hydrogen-bond donors (Lipinski definition) is 0. The first kappa shape index (κ1) is 33.8. The van der Waals surface area contributed by atoms with Crippen molar-refractivity contribution in [3.05, 3.63) is 231 Å². The molecular formula is C58H38. The van der Waals surface area contributed by atoms with E-state index < -0.39 is 0 Å². The highest BCUT2D eigenvalue weighted by molar-refractivity contribution is 6.23. The second-order valence-electron chi connectivity index (χ2n) is 15.2. The van der Waals surface area contributed by atoms with Crippen LogP contribution >= 0.6 is 0 Å². The zero-order chi connectivity index (χ0) is 38.4. The standard InChI is InChI=1S/C58H38/c1-5-17-39(18-6-1)47-27-15-30-50-48(28-16-29-49(47)50)45-31-33-51-52-34-32-46(54-36-44-26-14-13-25-43(44)35-53(54)40-19-7-2-8-20-40)38-56(52)58(42-23-11-4-12-24-42)57(55(51)37-45)41-21-9-3-10-22-41/h1-38H. The van der Waals surface area contributed by atoms with Crippen LogP contribution in [0.25, 0.3) is 110 Å². The van der Waals surface area contributed by atoms with Crippen molar-refractivity contribution in [2.24, 2.45) is 0 Å². The van der Waals surface area contributed by atoms with Gasteiger partial charge < -0.3 is 0 Å². The van der Waals surface area contributed by atoms with Crippen LogP contribution in [-0.2, 0) is 0 Å². The van der Waals surface area contributed by atoms with Gasteiger partial charge in [0.2, 0.25) is 0 Å². The number of benzene rings is 11. The van der Waals surface area contributed by atoms with Gasteiger partial charge in [-0.05, 0) is 134 Å². The Kier molecular flexibility index (Phi) is 8.26. The van der Waals surface area contributed by atoms with Gasteiger partial charge in [0.1, 0.15) is 0 Å². The van der Waals surface area contributed by atoms with E-state index >= 15 is 0 Å². The lowest BCUT2D eigenvalue weighted by molar-refractivity contribution is 1.60. The summed E-state index contributed by atoms with van der Waals surface area (Å²) in [7, 11) is 0. The molecule has 0 N–H and O–H groups in total. The van der Waals surface area contributed by atoms with Gasteiger partial charge in [0.25, 0.3) is 0 Å². The minimum absolute atomic E-state index is 1.20. The lowest BCUT2D eigenvalue weighted by Crippen LogP contribution is -1.94. The van der Waals surface area contributed by atoms with Gasteiger partial charge in [-0.1, -0.05) is 206 Å². The van der Waals surface area contributed by atoms with E-state index in [9.17, 15) is 0 Å². The van der Waals surface area contributed by atoms with Crippen molar-refractivity contribution < 1.29 is 0 Å². The molecule has 11 aromatic rings. The summed E-state index contributed by atoms with van der Waals surface area (Å²) in [6.07, 6.45) is 0. The van der Waals surface area contributed by atoms with E-state index in [-0.39, 0.29) is 0 Å². The molecule has 0 heteroatoms. The van der Waals surface area contributed by atoms with Crippen LogP contribution in [0.5, 0.6) is 0 Å². The van der Waals surface area contributed by atoms with E-state index in [0.29, 0.717) is 0 Å². The Morgan fingerprint density at radius 3 is 1.00 bits per heavy atom. The lowest BCUT2D eigenvalue weighted by Gasteiger charge is -2.21. The Balaban J connectivity index is 1.21. The zero-order valence-corrected chi connectivity index (χ0v) is 31.9. The minimum Gasteiger partial charge on any atom is -0.0622 e. The summed E-state index contributed by atoms with van der Waals surface area (Å²) < 4.78 is 0. The largest absolute Gasteiger partial charge is 0.0622 e. The fourth-order valence-electron chi connectivity index (χ4n) is 9.15. The zero-order valence-electron chi connectivity index (χ0n) is 31.9. The van der Waals surface area contributed by atoms with Gasteiger partial charge in [-0.3, -0.25) is 0 Å². The van der Waals surface area contributed by atoms with Crippen LogP contribution in [0.1, 0.15) is 0 Å². The summed E-state index contributed by atoms with van der Waals surface area (Å²) in [5.74, 6) is 0. The fraction of sp³-hybridized carbons (Fsp3) is 0. The Labute approximate surface area is 339 Å². The average molecular weight is 735 g/mol. The first-order valence-electron chi connectivity index (χ1n) is 20.1. The van der Waals surface area contributed by atoms with Crippen molar-refractivity contribution >= 4 is 43.1 Å². The molecule has 0 heterocycles. The molecule has 11 aromatic carbocycles. The third kappa shape index (κ3) is 5.78. The van der Waals surface area contributed by atoms with Crippen LogP contribution in [-0.4, -0.2) is 0 Å². The van der Waals surface area contributed by atoms with Crippen molar-refractivity contribution in [2.75, 3.05) is 0 Å². The summed E-state index contributed by atoms with van der Waals surface area (Å²) in [5.41, 5.74) is 14.7. The first-order valence-corrected chi connectivity index (χ1v) is 20.1. The van der Waals surface area contributed by atoms with Gasteiger partial charge in [-0.15, -0.1) is 0 Å². The van der Waals surface area contributed by atoms with Crippen molar-refractivity contribution in [2.45, 2.75) is 0 Å². The van der Waals surface area contributed by atoms with E-state index in [4.69, 9.17) is 0 Å². The van der Waals surface area contributed by atoms with Crippen LogP contribution in [0, 0.1) is 0 Å². The van der Waals surface area contributed by atoms with E-state index in [2.05, 4.69) is 231 Å². The van der Waals surface area contributed by atoms with Gasteiger partial charge in [0.15, 0.2) is 0 Å². The molecule has 0 radical (unpaired) electrons. The molecule has 0 unspecified atom stereocenters. The smallest absolute Gasteiger partial charge is 0.00201 e. The molecule has 11 rings (SSSR count). The van der Waals surface area contributed by atoms with E-state index in [0.717, 1.165) is 0 Å². The molecule has 0 aliphatic carbocycles. The Morgan fingerprint density at radius 1 is 0.172 bits per heavy atom. The van der Waals surface area contributed by atoms with Crippen LogP contribution < -0.4 is 0 Å². The van der Waals surface area contributed by atoms with Crippen molar-refractivity contribution in [1.82, 2.24) is 0 Å². The highest BCUT2D eigenvalue weighted by Gasteiger charge is 2.20. The maximum Gasteiger partial charge on any atom is -0.00201 e. The average Bonchev–Trinajstić information content (AvgIpc) is 3.31. The maximum atomic E-state index is 2.45. The van der Waals surface area contributed by atoms with E-state index in [1.165, 1.54) is 110 Å². The van der Waals surface area contributed by atoms with E-state index in [1.54, 1.807) is 0 Å². The fourth-order valence-corrected chi connectivity index (χ4v) is 9.15. The molecular weight excluding hydrogens is 697 g/mol. The van der Waals surface area contributed by atoms with Crippen LogP contribution in [0.4, 0.5) is 0 Å². The van der Waals surface area contributed by atoms with E-state index in [1.807, 2.05) is 0 Å². The normalized spacial score (nSPS) is 11.4. The third-order valence-corrected chi connectivity index (χ3v) is 11.8. The highest BCUT2D eigenvalue weighted by atomic mass is 14.2. The van der Waals surface area contributed by atoms with Crippen LogP contribution in [0.15, 0.2) is 231 Å². The minimum atomic E-state index is 1.20. The third-order valence-electron chi connectivity index (χ3n) is 11.8. The summed E-state index contributed by atoms with van der Waals surface area (Å²) >= 11 is 0. The van der Waals surface area contributed by atoms with Gasteiger partial charge in [-0.2, -0.15) is 0 Å². The molecule has 0 aliphatic heterocycles. The Hall–Kier alpha value is -7.54. The first-order chi connectivity index (χ1) is 28.8. The Bertz CT molecular complexity index is 3290. The molecule has 0 amide bonds. The number of rotatable bonds is 6. The van der Waals surface area contributed by atoms with Crippen LogP contribution in [0.3, 0.4) is 0 Å². The Morgan fingerprint density at radius 2 is 0.534 bits per heavy atom. The molecule has 0 saturated carbocycles. The quantitative estimate of drug-likeness (QED) is 0.149. The van der Waals surface area contributed by atoms with Gasteiger partial charge >= 0.3 is 0 Å². The topological polar surface area (TPSA) is 0 Å². The molecule has 0 nitrogen and oxygen atoms in total. The molecule has 0 atom stereocenters. The molecule has 0 aromatic heterocycles. The highest BCUT2D eigenvalue weighted by Crippen LogP contribution is 2.48. The monoisotopic (exact) mass is 734 g/mol. The second-order valence-corrected chi connectivity index (χ2v) is 15.2. The second kappa shape index (κ2) is 14.2. The van der Waals surface area contributed by atoms with Crippen LogP contribution in [0.2, 0.25) is 0 Å². The summed E-state index contributed by atoms with van der Waals surface area (Å²) in [5, 5.41) is 9.97. The van der Waals surface area contributed by atoms with Gasteiger partial charge in [-0.25, -0.2) is 0 Å². The van der Waals surface area contributed by atoms with Crippen molar-refractivity contribution in [1.29, 1.82) is 0 Å². The number of hydrogen-bond acceptors (Lipinski definition) is 0. The van der Waals surface area contributed by atoms with Gasteiger partial charge in [0, 0.05) is 0 Å². The summed E-state index contributed by atoms with van der Waals surface area (Å²) in [6, 6.07) is 84.7. The van der Waals surface area contributed by atoms with Gasteiger partial charge in [0.05, 0.1) is 0 Å². The molecule has 0 aliphatic rings.